The highest BCUT2D eigenvalue weighted by molar-refractivity contribution is 5.75. The summed E-state index contributed by atoms with van der Waals surface area (Å²) in [5, 5.41) is 19.4. The van der Waals surface area contributed by atoms with Gasteiger partial charge in [0.2, 0.25) is 0 Å². The highest BCUT2D eigenvalue weighted by atomic mass is 16.4. The Hall–Kier alpha value is -1.10. The molecular formula is C13H25NO4. The number of piperidine rings is 1. The first-order valence-electron chi connectivity index (χ1n) is 6.27. The molecule has 0 radical (unpaired) electrons. The van der Waals surface area contributed by atoms with Crippen molar-refractivity contribution >= 4 is 11.9 Å². The minimum atomic E-state index is -1.08. The number of aliphatic carboxylic acids is 2. The molecule has 1 fully saturated rings. The van der Waals surface area contributed by atoms with E-state index in [-0.39, 0.29) is 12.8 Å². The molecule has 106 valence electrons. The number of rotatable bonds is 3. The van der Waals surface area contributed by atoms with Crippen molar-refractivity contribution in [3.63, 3.8) is 0 Å². The molecule has 0 spiro atoms. The van der Waals surface area contributed by atoms with Gasteiger partial charge in [0, 0.05) is 11.1 Å². The van der Waals surface area contributed by atoms with E-state index in [2.05, 4.69) is 33.0 Å². The highest BCUT2D eigenvalue weighted by Crippen LogP contribution is 2.27. The summed E-state index contributed by atoms with van der Waals surface area (Å²) in [6, 6.07) is 0. The first-order chi connectivity index (χ1) is 8.04. The van der Waals surface area contributed by atoms with Crippen LogP contribution in [0.3, 0.4) is 0 Å². The number of carbonyl (C=O) groups is 2. The Labute approximate surface area is 109 Å². The molecule has 3 N–H and O–H groups in total. The molecule has 1 aliphatic heterocycles. The quantitative estimate of drug-likeness (QED) is 0.723. The second-order valence-electron chi connectivity index (χ2n) is 6.03. The fourth-order valence-electron chi connectivity index (χ4n) is 2.23. The summed E-state index contributed by atoms with van der Waals surface area (Å²) in [5.41, 5.74) is 0.726. The predicted molar refractivity (Wildman–Crippen MR) is 69.7 cm³/mol. The SMILES string of the molecule is CC1(C)CCCC(C)(C)N1.O=C(O)CCC(=O)O. The number of carboxylic acid groups (broad SMARTS) is 2. The normalized spacial score (nSPS) is 20.4. The highest BCUT2D eigenvalue weighted by Gasteiger charge is 2.31. The van der Waals surface area contributed by atoms with Crippen LogP contribution in [0, 0.1) is 0 Å². The molecule has 0 bridgehead atoms. The van der Waals surface area contributed by atoms with Gasteiger partial charge in [0.05, 0.1) is 12.8 Å². The van der Waals surface area contributed by atoms with Crippen molar-refractivity contribution in [3.8, 4) is 0 Å². The van der Waals surface area contributed by atoms with Crippen LogP contribution in [0.4, 0.5) is 0 Å². The molecule has 0 unspecified atom stereocenters. The third kappa shape index (κ3) is 8.98. The van der Waals surface area contributed by atoms with E-state index >= 15 is 0 Å². The van der Waals surface area contributed by atoms with E-state index in [1.54, 1.807) is 0 Å². The first kappa shape index (κ1) is 16.9. The van der Waals surface area contributed by atoms with Crippen molar-refractivity contribution in [3.05, 3.63) is 0 Å². The minimum Gasteiger partial charge on any atom is -0.481 e. The van der Waals surface area contributed by atoms with Gasteiger partial charge in [-0.2, -0.15) is 0 Å². The summed E-state index contributed by atoms with van der Waals surface area (Å²) in [6.45, 7) is 9.14. The molecule has 0 saturated carbocycles. The van der Waals surface area contributed by atoms with Crippen molar-refractivity contribution in [2.75, 3.05) is 0 Å². The van der Waals surface area contributed by atoms with Crippen LogP contribution in [0.15, 0.2) is 0 Å². The Balaban J connectivity index is 0.000000331. The van der Waals surface area contributed by atoms with Gasteiger partial charge in [0.15, 0.2) is 0 Å². The maximum atomic E-state index is 9.64. The van der Waals surface area contributed by atoms with E-state index in [0.29, 0.717) is 11.1 Å². The molecule has 0 amide bonds. The Bertz CT molecular complexity index is 269. The minimum absolute atomic E-state index is 0.296. The van der Waals surface area contributed by atoms with Gasteiger partial charge in [-0.25, -0.2) is 0 Å². The monoisotopic (exact) mass is 259 g/mol. The molecule has 5 nitrogen and oxygen atoms in total. The maximum Gasteiger partial charge on any atom is 0.303 e. The molecule has 0 aliphatic carbocycles. The summed E-state index contributed by atoms with van der Waals surface area (Å²) in [6.07, 6.45) is 3.41. The summed E-state index contributed by atoms with van der Waals surface area (Å²) in [5.74, 6) is -2.15. The topological polar surface area (TPSA) is 86.6 Å². The van der Waals surface area contributed by atoms with Gasteiger partial charge in [-0.15, -0.1) is 0 Å². The lowest BCUT2D eigenvalue weighted by Gasteiger charge is -2.42. The van der Waals surface area contributed by atoms with Crippen LogP contribution in [0.25, 0.3) is 0 Å². The molecule has 18 heavy (non-hydrogen) atoms. The predicted octanol–water partition coefficient (Wildman–Crippen LogP) is 2.25. The number of hydrogen-bond acceptors (Lipinski definition) is 3. The van der Waals surface area contributed by atoms with Crippen molar-refractivity contribution in [2.24, 2.45) is 0 Å². The molecule has 0 atom stereocenters. The summed E-state index contributed by atoms with van der Waals surface area (Å²) in [4.78, 5) is 19.3. The smallest absolute Gasteiger partial charge is 0.303 e. The van der Waals surface area contributed by atoms with E-state index in [9.17, 15) is 9.59 Å². The summed E-state index contributed by atoms with van der Waals surface area (Å²) >= 11 is 0. The Morgan fingerprint density at radius 1 is 0.944 bits per heavy atom. The molecule has 1 rings (SSSR count). The average molecular weight is 259 g/mol. The lowest BCUT2D eigenvalue weighted by atomic mass is 9.83. The van der Waals surface area contributed by atoms with E-state index in [1.165, 1.54) is 19.3 Å². The molecule has 0 aromatic carbocycles. The maximum absolute atomic E-state index is 9.64. The van der Waals surface area contributed by atoms with Gasteiger partial charge in [0.1, 0.15) is 0 Å². The van der Waals surface area contributed by atoms with E-state index in [1.807, 2.05) is 0 Å². The van der Waals surface area contributed by atoms with Crippen molar-refractivity contribution < 1.29 is 19.8 Å². The van der Waals surface area contributed by atoms with Crippen LogP contribution in [0.5, 0.6) is 0 Å². The van der Waals surface area contributed by atoms with Gasteiger partial charge in [-0.05, 0) is 47.0 Å². The zero-order chi connectivity index (χ0) is 14.4. The van der Waals surface area contributed by atoms with Gasteiger partial charge in [0.25, 0.3) is 0 Å². The second kappa shape index (κ2) is 6.73. The molecule has 1 aliphatic rings. The average Bonchev–Trinajstić information content (AvgIpc) is 2.11. The summed E-state index contributed by atoms with van der Waals surface area (Å²) < 4.78 is 0. The molecule has 1 saturated heterocycles. The second-order valence-corrected chi connectivity index (χ2v) is 6.03. The number of nitrogens with one attached hydrogen (secondary N) is 1. The zero-order valence-corrected chi connectivity index (χ0v) is 11.7. The van der Waals surface area contributed by atoms with Crippen molar-refractivity contribution in [1.29, 1.82) is 0 Å². The molecule has 0 aromatic rings. The van der Waals surface area contributed by atoms with Crippen LogP contribution < -0.4 is 5.32 Å². The largest absolute Gasteiger partial charge is 0.481 e. The van der Waals surface area contributed by atoms with Crippen LogP contribution in [0.2, 0.25) is 0 Å². The van der Waals surface area contributed by atoms with Crippen LogP contribution in [0.1, 0.15) is 59.8 Å². The first-order valence-corrected chi connectivity index (χ1v) is 6.27. The van der Waals surface area contributed by atoms with Crippen molar-refractivity contribution in [1.82, 2.24) is 5.32 Å². The molecule has 1 heterocycles. The van der Waals surface area contributed by atoms with E-state index in [0.717, 1.165) is 0 Å². The zero-order valence-electron chi connectivity index (χ0n) is 11.7. The lowest BCUT2D eigenvalue weighted by Crippen LogP contribution is -2.55. The molecule has 5 heteroatoms. The molecular weight excluding hydrogens is 234 g/mol. The third-order valence-electron chi connectivity index (χ3n) is 2.83. The fourth-order valence-corrected chi connectivity index (χ4v) is 2.23. The van der Waals surface area contributed by atoms with E-state index < -0.39 is 11.9 Å². The Morgan fingerprint density at radius 2 is 1.28 bits per heavy atom. The number of carboxylic acids is 2. The van der Waals surface area contributed by atoms with Gasteiger partial charge in [-0.1, -0.05) is 0 Å². The van der Waals surface area contributed by atoms with E-state index in [4.69, 9.17) is 10.2 Å². The van der Waals surface area contributed by atoms with Crippen LogP contribution >= 0.6 is 0 Å². The lowest BCUT2D eigenvalue weighted by molar-refractivity contribution is -0.143. The standard InChI is InChI=1S/C9H19N.C4H6O4/c1-8(2)6-5-7-9(3,4)10-8;5-3(6)1-2-4(7)8/h10H,5-7H2,1-4H3;1-2H2,(H,5,6)(H,7,8). The van der Waals surface area contributed by atoms with Gasteiger partial charge in [-0.3, -0.25) is 9.59 Å². The Morgan fingerprint density at radius 3 is 1.44 bits per heavy atom. The number of hydrogen-bond donors (Lipinski definition) is 3. The van der Waals surface area contributed by atoms with Gasteiger partial charge < -0.3 is 15.5 Å². The Kier molecular flexibility index (Phi) is 6.32. The van der Waals surface area contributed by atoms with Crippen molar-refractivity contribution in [2.45, 2.75) is 70.9 Å². The fraction of sp³-hybridized carbons (Fsp3) is 0.846. The van der Waals surface area contributed by atoms with Crippen LogP contribution in [-0.2, 0) is 9.59 Å². The third-order valence-corrected chi connectivity index (χ3v) is 2.83. The molecule has 0 aromatic heterocycles. The summed E-state index contributed by atoms with van der Waals surface area (Å²) in [7, 11) is 0. The van der Waals surface area contributed by atoms with Crippen LogP contribution in [-0.4, -0.2) is 33.2 Å². The van der Waals surface area contributed by atoms with Gasteiger partial charge >= 0.3 is 11.9 Å².